The molecular formula is C20H22FNO4. The first-order valence-corrected chi connectivity index (χ1v) is 8.52. The normalized spacial score (nSPS) is 16.4. The van der Waals surface area contributed by atoms with Gasteiger partial charge in [0.25, 0.3) is 5.91 Å². The van der Waals surface area contributed by atoms with Crippen molar-refractivity contribution < 1.29 is 23.4 Å². The number of carbonyl (C=O) groups excluding carboxylic acids is 1. The van der Waals surface area contributed by atoms with E-state index in [0.717, 1.165) is 18.4 Å². The maximum absolute atomic E-state index is 13.7. The first-order valence-electron chi connectivity index (χ1n) is 8.52. The molecule has 1 atom stereocenters. The number of carbonyl (C=O) groups is 1. The van der Waals surface area contributed by atoms with Crippen molar-refractivity contribution in [3.8, 4) is 17.2 Å². The molecule has 0 radical (unpaired) electrons. The van der Waals surface area contributed by atoms with Crippen molar-refractivity contribution in [3.05, 3.63) is 53.8 Å². The third-order valence-electron chi connectivity index (χ3n) is 4.56. The first kappa shape index (κ1) is 18.0. The highest BCUT2D eigenvalue weighted by Gasteiger charge is 2.32. The van der Waals surface area contributed by atoms with E-state index in [9.17, 15) is 9.18 Å². The molecule has 1 amide bonds. The molecule has 1 heterocycles. The zero-order chi connectivity index (χ0) is 18.5. The number of hydrogen-bond donors (Lipinski definition) is 0. The Morgan fingerprint density at radius 2 is 1.96 bits per heavy atom. The molecule has 0 unspecified atom stereocenters. The highest BCUT2D eigenvalue weighted by molar-refractivity contribution is 5.78. The van der Waals surface area contributed by atoms with Crippen LogP contribution in [0.1, 0.15) is 24.4 Å². The van der Waals surface area contributed by atoms with Crippen molar-refractivity contribution in [3.63, 3.8) is 0 Å². The van der Waals surface area contributed by atoms with Gasteiger partial charge >= 0.3 is 0 Å². The fraction of sp³-hybridized carbons (Fsp3) is 0.350. The van der Waals surface area contributed by atoms with Crippen molar-refractivity contribution in [2.24, 2.45) is 0 Å². The molecule has 0 aromatic heterocycles. The van der Waals surface area contributed by atoms with E-state index in [4.69, 9.17) is 14.2 Å². The molecule has 26 heavy (non-hydrogen) atoms. The number of ether oxygens (including phenoxy) is 3. The van der Waals surface area contributed by atoms with Gasteiger partial charge in [0.2, 0.25) is 0 Å². The molecule has 5 nitrogen and oxygen atoms in total. The van der Waals surface area contributed by atoms with E-state index in [1.807, 2.05) is 18.2 Å². The minimum absolute atomic E-state index is 0.0821. The molecule has 1 aliphatic heterocycles. The van der Waals surface area contributed by atoms with E-state index in [2.05, 4.69) is 0 Å². The van der Waals surface area contributed by atoms with Crippen molar-refractivity contribution in [2.75, 3.05) is 27.4 Å². The number of hydrogen-bond acceptors (Lipinski definition) is 4. The number of halogens is 1. The van der Waals surface area contributed by atoms with Crippen LogP contribution >= 0.6 is 0 Å². The Hall–Kier alpha value is -2.76. The van der Waals surface area contributed by atoms with Crippen LogP contribution in [0, 0.1) is 5.82 Å². The number of likely N-dealkylation sites (tertiary alicyclic amines) is 1. The fourth-order valence-electron chi connectivity index (χ4n) is 3.27. The Morgan fingerprint density at radius 3 is 2.69 bits per heavy atom. The van der Waals surface area contributed by atoms with E-state index in [-0.39, 0.29) is 24.3 Å². The van der Waals surface area contributed by atoms with Crippen molar-refractivity contribution >= 4 is 5.91 Å². The Morgan fingerprint density at radius 1 is 1.15 bits per heavy atom. The minimum atomic E-state index is -0.477. The van der Waals surface area contributed by atoms with Gasteiger partial charge in [-0.1, -0.05) is 12.1 Å². The van der Waals surface area contributed by atoms with Gasteiger partial charge < -0.3 is 19.1 Å². The van der Waals surface area contributed by atoms with Gasteiger partial charge in [-0.2, -0.15) is 0 Å². The van der Waals surface area contributed by atoms with Crippen LogP contribution in [0.25, 0.3) is 0 Å². The molecule has 1 saturated heterocycles. The maximum Gasteiger partial charge on any atom is 0.261 e. The van der Waals surface area contributed by atoms with E-state index in [0.29, 0.717) is 18.0 Å². The van der Waals surface area contributed by atoms with Crippen LogP contribution in [-0.2, 0) is 4.79 Å². The Labute approximate surface area is 152 Å². The van der Waals surface area contributed by atoms with Gasteiger partial charge in [-0.05, 0) is 37.1 Å². The molecule has 0 N–H and O–H groups in total. The van der Waals surface area contributed by atoms with Crippen molar-refractivity contribution in [2.45, 2.75) is 18.9 Å². The summed E-state index contributed by atoms with van der Waals surface area (Å²) >= 11 is 0. The lowest BCUT2D eigenvalue weighted by Crippen LogP contribution is -2.34. The molecule has 6 heteroatoms. The monoisotopic (exact) mass is 359 g/mol. The average molecular weight is 359 g/mol. The third-order valence-corrected chi connectivity index (χ3v) is 4.56. The molecule has 0 aliphatic carbocycles. The number of amides is 1. The molecule has 1 fully saturated rings. The van der Waals surface area contributed by atoms with Gasteiger partial charge in [-0.3, -0.25) is 4.79 Å². The Kier molecular flexibility index (Phi) is 5.61. The smallest absolute Gasteiger partial charge is 0.261 e. The molecule has 0 saturated carbocycles. The molecule has 2 aromatic carbocycles. The summed E-state index contributed by atoms with van der Waals surface area (Å²) < 4.78 is 29.7. The van der Waals surface area contributed by atoms with Crippen molar-refractivity contribution in [1.29, 1.82) is 0 Å². The number of benzene rings is 2. The van der Waals surface area contributed by atoms with Crippen LogP contribution in [0.15, 0.2) is 42.5 Å². The fourth-order valence-corrected chi connectivity index (χ4v) is 3.27. The summed E-state index contributed by atoms with van der Waals surface area (Å²) in [5.41, 5.74) is 0.935. The van der Waals surface area contributed by atoms with Crippen LogP contribution in [0.2, 0.25) is 0 Å². The molecule has 3 rings (SSSR count). The molecule has 2 aromatic rings. The number of para-hydroxylation sites is 1. The van der Waals surface area contributed by atoms with Gasteiger partial charge in [-0.15, -0.1) is 0 Å². The van der Waals surface area contributed by atoms with E-state index in [1.54, 1.807) is 31.3 Å². The summed E-state index contributed by atoms with van der Waals surface area (Å²) in [7, 11) is 3.20. The third kappa shape index (κ3) is 3.74. The van der Waals surface area contributed by atoms with Crippen LogP contribution in [0.4, 0.5) is 4.39 Å². The largest absolute Gasteiger partial charge is 0.497 e. The second kappa shape index (κ2) is 8.08. The SMILES string of the molecule is COc1ccc([C@H]2CCCN2C(=O)COc2ccccc2F)c(OC)c1. The van der Waals surface area contributed by atoms with Gasteiger partial charge in [0.1, 0.15) is 11.5 Å². The van der Waals surface area contributed by atoms with E-state index >= 15 is 0 Å². The van der Waals surface area contributed by atoms with E-state index < -0.39 is 5.82 Å². The predicted octanol–water partition coefficient (Wildman–Crippen LogP) is 3.59. The van der Waals surface area contributed by atoms with Crippen LogP contribution in [0.5, 0.6) is 17.2 Å². The first-order chi connectivity index (χ1) is 12.6. The predicted molar refractivity (Wildman–Crippen MR) is 95.1 cm³/mol. The molecule has 0 bridgehead atoms. The second-order valence-electron chi connectivity index (χ2n) is 6.07. The molecule has 0 spiro atoms. The summed E-state index contributed by atoms with van der Waals surface area (Å²) in [6.45, 7) is 0.440. The summed E-state index contributed by atoms with van der Waals surface area (Å²) in [5.74, 6) is 0.816. The molecule has 138 valence electrons. The highest BCUT2D eigenvalue weighted by atomic mass is 19.1. The Bertz CT molecular complexity index is 780. The number of rotatable bonds is 6. The molecular weight excluding hydrogens is 337 g/mol. The van der Waals surface area contributed by atoms with E-state index in [1.165, 1.54) is 12.1 Å². The highest BCUT2D eigenvalue weighted by Crippen LogP contribution is 2.38. The van der Waals surface area contributed by atoms with Gasteiger partial charge in [0, 0.05) is 18.2 Å². The lowest BCUT2D eigenvalue weighted by molar-refractivity contribution is -0.134. The number of nitrogens with zero attached hydrogens (tertiary/aromatic N) is 1. The van der Waals surface area contributed by atoms with Crippen LogP contribution in [-0.4, -0.2) is 38.2 Å². The summed E-state index contributed by atoms with van der Waals surface area (Å²) in [4.78, 5) is 14.4. The lowest BCUT2D eigenvalue weighted by Gasteiger charge is -2.26. The summed E-state index contributed by atoms with van der Waals surface area (Å²) in [6.07, 6.45) is 1.74. The quantitative estimate of drug-likeness (QED) is 0.791. The second-order valence-corrected chi connectivity index (χ2v) is 6.07. The average Bonchev–Trinajstić information content (AvgIpc) is 3.16. The zero-order valence-electron chi connectivity index (χ0n) is 14.9. The standard InChI is InChI=1S/C20H22FNO4/c1-24-14-9-10-15(19(12-14)25-2)17-7-5-11-22(17)20(23)13-26-18-8-4-3-6-16(18)21/h3-4,6,8-10,12,17H,5,7,11,13H2,1-2H3/t17-/m1/s1. The maximum atomic E-state index is 13.7. The topological polar surface area (TPSA) is 48.0 Å². The van der Waals surface area contributed by atoms with Gasteiger partial charge in [0.05, 0.1) is 20.3 Å². The van der Waals surface area contributed by atoms with Gasteiger partial charge in [0.15, 0.2) is 18.2 Å². The van der Waals surface area contributed by atoms with Crippen LogP contribution in [0.3, 0.4) is 0 Å². The number of methoxy groups -OCH3 is 2. The Balaban J connectivity index is 1.73. The lowest BCUT2D eigenvalue weighted by atomic mass is 10.0. The molecule has 1 aliphatic rings. The van der Waals surface area contributed by atoms with Crippen molar-refractivity contribution in [1.82, 2.24) is 4.90 Å². The van der Waals surface area contributed by atoms with Gasteiger partial charge in [-0.25, -0.2) is 4.39 Å². The summed E-state index contributed by atoms with van der Waals surface area (Å²) in [5, 5.41) is 0. The minimum Gasteiger partial charge on any atom is -0.497 e. The summed E-state index contributed by atoms with van der Waals surface area (Å²) in [6, 6.07) is 11.6. The zero-order valence-corrected chi connectivity index (χ0v) is 14.9. The van der Waals surface area contributed by atoms with Crippen LogP contribution < -0.4 is 14.2 Å².